The summed E-state index contributed by atoms with van der Waals surface area (Å²) in [5, 5.41) is 0. The van der Waals surface area contributed by atoms with E-state index < -0.39 is 0 Å². The predicted molar refractivity (Wildman–Crippen MR) is 65.2 cm³/mol. The number of hydrogen-bond donors (Lipinski definition) is 2. The highest BCUT2D eigenvalue weighted by Crippen LogP contribution is 2.22. The molecule has 1 unspecified atom stereocenters. The monoisotopic (exact) mass is 221 g/mol. The molecule has 1 fully saturated rings. The molecule has 1 aromatic rings. The Kier molecular flexibility index (Phi) is 3.24. The zero-order valence-electron chi connectivity index (χ0n) is 9.90. The van der Waals surface area contributed by atoms with Gasteiger partial charge in [0.05, 0.1) is 0 Å². The van der Waals surface area contributed by atoms with Crippen LogP contribution in [0.5, 0.6) is 0 Å². The van der Waals surface area contributed by atoms with Crippen molar-refractivity contribution in [2.24, 2.45) is 11.8 Å². The lowest BCUT2D eigenvalue weighted by Gasteiger charge is -2.32. The molecule has 5 heteroatoms. The van der Waals surface area contributed by atoms with Gasteiger partial charge in [-0.1, -0.05) is 6.92 Å². The molecule has 1 atom stereocenters. The van der Waals surface area contributed by atoms with Gasteiger partial charge < -0.3 is 4.90 Å². The van der Waals surface area contributed by atoms with Crippen LogP contribution in [0, 0.1) is 12.8 Å². The largest absolute Gasteiger partial charge is 0.356 e. The summed E-state index contributed by atoms with van der Waals surface area (Å²) in [5.41, 5.74) is 3.45. The van der Waals surface area contributed by atoms with Gasteiger partial charge in [0, 0.05) is 24.8 Å². The van der Waals surface area contributed by atoms with Crippen LogP contribution in [-0.4, -0.2) is 23.1 Å². The molecular weight excluding hydrogens is 202 g/mol. The van der Waals surface area contributed by atoms with Gasteiger partial charge in [-0.05, 0) is 25.7 Å². The van der Waals surface area contributed by atoms with Gasteiger partial charge in [-0.15, -0.1) is 0 Å². The lowest BCUT2D eigenvalue weighted by Crippen LogP contribution is -2.35. The van der Waals surface area contributed by atoms with Crippen LogP contribution in [0.4, 0.5) is 11.8 Å². The van der Waals surface area contributed by atoms with E-state index in [1.165, 1.54) is 12.8 Å². The quantitative estimate of drug-likeness (QED) is 0.582. The number of piperidine rings is 1. The third kappa shape index (κ3) is 2.41. The maximum atomic E-state index is 5.35. The summed E-state index contributed by atoms with van der Waals surface area (Å²) in [5.74, 6) is 7.56. The van der Waals surface area contributed by atoms with E-state index in [0.29, 0.717) is 5.95 Å². The number of nitrogen functional groups attached to an aromatic ring is 1. The van der Waals surface area contributed by atoms with E-state index in [0.717, 1.165) is 30.5 Å². The predicted octanol–water partition coefficient (Wildman–Crippen LogP) is 1.31. The Morgan fingerprint density at radius 1 is 1.50 bits per heavy atom. The molecule has 0 saturated carbocycles. The molecule has 1 saturated heterocycles. The summed E-state index contributed by atoms with van der Waals surface area (Å²) in [6, 6.07) is 2.01. The van der Waals surface area contributed by atoms with Crippen LogP contribution in [-0.2, 0) is 0 Å². The van der Waals surface area contributed by atoms with Crippen molar-refractivity contribution in [3.05, 3.63) is 11.8 Å². The Hall–Kier alpha value is -1.36. The molecule has 0 aromatic carbocycles. The highest BCUT2D eigenvalue weighted by Gasteiger charge is 2.18. The Bertz CT molecular complexity index is 365. The molecule has 1 aliphatic heterocycles. The van der Waals surface area contributed by atoms with Crippen molar-refractivity contribution in [1.29, 1.82) is 0 Å². The van der Waals surface area contributed by atoms with Crippen molar-refractivity contribution < 1.29 is 0 Å². The van der Waals surface area contributed by atoms with E-state index in [4.69, 9.17) is 5.84 Å². The van der Waals surface area contributed by atoms with Crippen molar-refractivity contribution in [3.63, 3.8) is 0 Å². The zero-order valence-corrected chi connectivity index (χ0v) is 9.90. The van der Waals surface area contributed by atoms with Gasteiger partial charge in [-0.3, -0.25) is 5.43 Å². The number of aromatic nitrogens is 2. The van der Waals surface area contributed by atoms with Crippen molar-refractivity contribution in [2.45, 2.75) is 26.7 Å². The van der Waals surface area contributed by atoms with E-state index >= 15 is 0 Å². The molecule has 16 heavy (non-hydrogen) atoms. The fourth-order valence-corrected chi connectivity index (χ4v) is 2.18. The highest BCUT2D eigenvalue weighted by atomic mass is 15.3. The van der Waals surface area contributed by atoms with E-state index in [2.05, 4.69) is 27.2 Å². The Morgan fingerprint density at radius 2 is 2.31 bits per heavy atom. The minimum absolute atomic E-state index is 0.494. The van der Waals surface area contributed by atoms with Gasteiger partial charge >= 0.3 is 0 Å². The first-order valence-electron chi connectivity index (χ1n) is 5.76. The first-order chi connectivity index (χ1) is 7.69. The van der Waals surface area contributed by atoms with Gasteiger partial charge in [0.25, 0.3) is 0 Å². The molecule has 0 radical (unpaired) electrons. The normalized spacial score (nSPS) is 20.9. The number of hydrazine groups is 1. The average molecular weight is 221 g/mol. The molecule has 5 nitrogen and oxygen atoms in total. The number of aryl methyl sites for hydroxylation is 1. The number of nitrogens with one attached hydrogen (secondary N) is 1. The summed E-state index contributed by atoms with van der Waals surface area (Å²) < 4.78 is 0. The van der Waals surface area contributed by atoms with E-state index in [9.17, 15) is 0 Å². The molecule has 2 rings (SSSR count). The van der Waals surface area contributed by atoms with E-state index in [1.54, 1.807) is 0 Å². The topological polar surface area (TPSA) is 67.1 Å². The van der Waals surface area contributed by atoms with Crippen LogP contribution in [0.25, 0.3) is 0 Å². The number of anilines is 2. The fraction of sp³-hybridized carbons (Fsp3) is 0.636. The number of nitrogens with two attached hydrogens (primary N) is 1. The minimum Gasteiger partial charge on any atom is -0.356 e. The number of rotatable bonds is 2. The van der Waals surface area contributed by atoms with E-state index in [1.807, 2.05) is 13.0 Å². The molecule has 0 aliphatic carbocycles. The van der Waals surface area contributed by atoms with Gasteiger partial charge in [0.2, 0.25) is 5.95 Å². The lowest BCUT2D eigenvalue weighted by atomic mass is 10.0. The number of nitrogens with zero attached hydrogens (tertiary/aromatic N) is 3. The summed E-state index contributed by atoms with van der Waals surface area (Å²) in [7, 11) is 0. The maximum absolute atomic E-state index is 5.35. The molecule has 0 amide bonds. The maximum Gasteiger partial charge on any atom is 0.239 e. The van der Waals surface area contributed by atoms with Crippen molar-refractivity contribution >= 4 is 11.8 Å². The molecule has 1 aliphatic rings. The first kappa shape index (κ1) is 11.1. The second kappa shape index (κ2) is 4.65. The smallest absolute Gasteiger partial charge is 0.239 e. The third-order valence-corrected chi connectivity index (χ3v) is 2.95. The number of hydrogen-bond acceptors (Lipinski definition) is 5. The summed E-state index contributed by atoms with van der Waals surface area (Å²) in [6.45, 7) is 6.38. The highest BCUT2D eigenvalue weighted by molar-refractivity contribution is 5.44. The average Bonchev–Trinajstić information content (AvgIpc) is 2.28. The first-order valence-corrected chi connectivity index (χ1v) is 5.76. The minimum atomic E-state index is 0.494. The lowest BCUT2D eigenvalue weighted by molar-refractivity contribution is 0.444. The van der Waals surface area contributed by atoms with Crippen molar-refractivity contribution in [3.8, 4) is 0 Å². The van der Waals surface area contributed by atoms with Crippen molar-refractivity contribution in [1.82, 2.24) is 9.97 Å². The van der Waals surface area contributed by atoms with Crippen LogP contribution in [0.2, 0.25) is 0 Å². The third-order valence-electron chi connectivity index (χ3n) is 2.95. The summed E-state index contributed by atoms with van der Waals surface area (Å²) in [4.78, 5) is 10.9. The van der Waals surface area contributed by atoms with Crippen molar-refractivity contribution in [2.75, 3.05) is 23.4 Å². The van der Waals surface area contributed by atoms with Crippen LogP contribution in [0.15, 0.2) is 6.07 Å². The van der Waals surface area contributed by atoms with Crippen LogP contribution in [0.3, 0.4) is 0 Å². The molecule has 0 spiro atoms. The Morgan fingerprint density at radius 3 is 3.00 bits per heavy atom. The Balaban J connectivity index is 2.21. The van der Waals surface area contributed by atoms with Gasteiger partial charge in [0.1, 0.15) is 5.82 Å². The van der Waals surface area contributed by atoms with Gasteiger partial charge in [-0.25, -0.2) is 10.8 Å². The fourth-order valence-electron chi connectivity index (χ4n) is 2.18. The molecule has 1 aromatic heterocycles. The Labute approximate surface area is 96.0 Å². The molecule has 2 heterocycles. The van der Waals surface area contributed by atoms with Gasteiger partial charge in [0.15, 0.2) is 0 Å². The van der Waals surface area contributed by atoms with E-state index in [-0.39, 0.29) is 0 Å². The summed E-state index contributed by atoms with van der Waals surface area (Å²) >= 11 is 0. The van der Waals surface area contributed by atoms with Gasteiger partial charge in [-0.2, -0.15) is 4.98 Å². The molecule has 88 valence electrons. The van der Waals surface area contributed by atoms with Crippen LogP contribution >= 0.6 is 0 Å². The second-order valence-corrected chi connectivity index (χ2v) is 4.53. The SMILES string of the molecule is Cc1cc(N2CCCC(C)C2)nc(NN)n1. The molecule has 3 N–H and O–H groups in total. The molecule has 0 bridgehead atoms. The second-order valence-electron chi connectivity index (χ2n) is 4.53. The zero-order chi connectivity index (χ0) is 11.5. The van der Waals surface area contributed by atoms with Crippen LogP contribution < -0.4 is 16.2 Å². The standard InChI is InChI=1S/C11H19N5/c1-8-4-3-5-16(7-8)10-6-9(2)13-11(14-10)15-12/h6,8H,3-5,7,12H2,1-2H3,(H,13,14,15). The summed E-state index contributed by atoms with van der Waals surface area (Å²) in [6.07, 6.45) is 2.54. The molecular formula is C11H19N5. The van der Waals surface area contributed by atoms with Crippen LogP contribution in [0.1, 0.15) is 25.5 Å².